The van der Waals surface area contributed by atoms with E-state index in [0.29, 0.717) is 17.1 Å². The van der Waals surface area contributed by atoms with Crippen LogP contribution in [0, 0.1) is 24.3 Å². The molecule has 0 spiro atoms. The Morgan fingerprint density at radius 3 is 2.57 bits per heavy atom. The van der Waals surface area contributed by atoms with E-state index in [2.05, 4.69) is 9.71 Å². The van der Waals surface area contributed by atoms with E-state index in [1.165, 1.54) is 24.3 Å². The van der Waals surface area contributed by atoms with Crippen LogP contribution in [0.3, 0.4) is 0 Å². The molecule has 3 aromatic carbocycles. The van der Waals surface area contributed by atoms with Crippen molar-refractivity contribution in [2.75, 3.05) is 4.90 Å². The number of benzene rings is 3. The SMILES string of the molecule is Cc1cccc(CN(C(=O)C[C@@H](C)c2ccc(F)cc2)c2ccc3c(c2)[C@@H](NS(=O)(=O)c2cccc([ClH+])c2)CCC3)n1. The van der Waals surface area contributed by atoms with Crippen LogP contribution in [0.5, 0.6) is 0 Å². The monoisotopic (exact) mass is 606 g/mol. The van der Waals surface area contributed by atoms with E-state index in [9.17, 15) is 17.6 Å². The van der Waals surface area contributed by atoms with E-state index >= 15 is 0 Å². The molecule has 1 heterocycles. The Kier molecular flexibility index (Phi) is 9.06. The van der Waals surface area contributed by atoms with Gasteiger partial charge >= 0.3 is 0 Å². The van der Waals surface area contributed by atoms with Gasteiger partial charge in [0.2, 0.25) is 21.0 Å². The number of sulfonamides is 1. The molecule has 2 atom stereocenters. The quantitative estimate of drug-likeness (QED) is 0.242. The van der Waals surface area contributed by atoms with E-state index in [1.54, 1.807) is 29.2 Å². The van der Waals surface area contributed by atoms with Crippen molar-refractivity contribution in [2.45, 2.75) is 62.9 Å². The van der Waals surface area contributed by atoms with Crippen molar-refractivity contribution in [1.29, 1.82) is 0 Å². The predicted molar refractivity (Wildman–Crippen MR) is 159 cm³/mol. The van der Waals surface area contributed by atoms with Crippen LogP contribution >= 0.6 is 0 Å². The molecule has 1 aliphatic rings. The number of hydrogen-bond acceptors (Lipinski definition) is 4. The van der Waals surface area contributed by atoms with Crippen LogP contribution in [-0.4, -0.2) is 19.3 Å². The maximum absolute atomic E-state index is 13.9. The molecule has 4 aromatic rings. The molecule has 1 aliphatic carbocycles. The number of aryl methyl sites for hydroxylation is 2. The summed E-state index contributed by atoms with van der Waals surface area (Å²) in [5.41, 5.74) is 5.06. The Bertz CT molecular complexity index is 1700. The summed E-state index contributed by atoms with van der Waals surface area (Å²) in [6.07, 6.45) is 2.51. The van der Waals surface area contributed by atoms with Crippen LogP contribution in [0.2, 0.25) is 5.02 Å². The molecule has 1 amide bonds. The van der Waals surface area contributed by atoms with E-state index in [0.717, 1.165) is 40.9 Å². The topological polar surface area (TPSA) is 79.4 Å². The van der Waals surface area contributed by atoms with Crippen LogP contribution in [0.4, 0.5) is 10.1 Å². The van der Waals surface area contributed by atoms with Crippen molar-refractivity contribution in [3.05, 3.63) is 124 Å². The summed E-state index contributed by atoms with van der Waals surface area (Å²) < 4.78 is 43.0. The van der Waals surface area contributed by atoms with Crippen molar-refractivity contribution in [1.82, 2.24) is 9.71 Å². The molecule has 42 heavy (non-hydrogen) atoms. The average Bonchev–Trinajstić information content (AvgIpc) is 2.96. The summed E-state index contributed by atoms with van der Waals surface area (Å²) in [7, 11) is -3.81. The highest BCUT2D eigenvalue weighted by Crippen LogP contribution is 2.35. The maximum atomic E-state index is 13.9. The van der Waals surface area contributed by atoms with Gasteiger partial charge in [0.15, 0.2) is 11.6 Å². The highest BCUT2D eigenvalue weighted by atomic mass is 35.5. The fraction of sp³-hybridized carbons (Fsp3) is 0.273. The zero-order chi connectivity index (χ0) is 29.9. The van der Waals surface area contributed by atoms with Gasteiger partial charge in [0.05, 0.1) is 17.1 Å². The Hall–Kier alpha value is -3.59. The fourth-order valence-electron chi connectivity index (χ4n) is 5.43. The molecule has 9 heteroatoms. The van der Waals surface area contributed by atoms with Crippen molar-refractivity contribution in [3.63, 3.8) is 0 Å². The minimum absolute atomic E-state index is 0.106. The van der Waals surface area contributed by atoms with Crippen molar-refractivity contribution >= 4 is 21.6 Å². The van der Waals surface area contributed by atoms with Crippen LogP contribution < -0.4 is 9.62 Å². The molecule has 218 valence electrons. The summed E-state index contributed by atoms with van der Waals surface area (Å²) in [4.78, 5) is 20.4. The number of fused-ring (bicyclic) bond motifs is 1. The zero-order valence-corrected chi connectivity index (χ0v) is 25.2. The highest BCUT2D eigenvalue weighted by Gasteiger charge is 2.28. The Morgan fingerprint density at radius 1 is 1.07 bits per heavy atom. The Balaban J connectivity index is 1.47. The first-order chi connectivity index (χ1) is 20.1. The maximum Gasteiger partial charge on any atom is 0.241 e. The predicted octanol–water partition coefficient (Wildman–Crippen LogP) is 6.31. The molecular formula is C33H34ClFN3O3S+. The number of carbonyl (C=O) groups excluding carboxylic acids is 1. The first-order valence-corrected chi connectivity index (χ1v) is 15.9. The number of anilines is 1. The Labute approximate surface area is 251 Å². The number of aromatic nitrogens is 1. The third-order valence-electron chi connectivity index (χ3n) is 7.66. The van der Waals surface area contributed by atoms with Crippen molar-refractivity contribution in [3.8, 4) is 0 Å². The number of halogens is 2. The molecule has 0 saturated heterocycles. The van der Waals surface area contributed by atoms with Crippen LogP contribution in [0.15, 0.2) is 89.8 Å². The molecule has 0 fully saturated rings. The number of rotatable bonds is 9. The molecule has 0 radical (unpaired) electrons. The minimum atomic E-state index is -3.81. The summed E-state index contributed by atoms with van der Waals surface area (Å²) in [6, 6.07) is 23.7. The van der Waals surface area contributed by atoms with Gasteiger partial charge in [-0.05, 0) is 91.3 Å². The average molecular weight is 607 g/mol. The first kappa shape index (κ1) is 29.9. The van der Waals surface area contributed by atoms with Crippen molar-refractivity contribution < 1.29 is 29.2 Å². The Morgan fingerprint density at radius 2 is 1.83 bits per heavy atom. The van der Waals surface area contributed by atoms with E-state index in [4.69, 9.17) is 11.6 Å². The van der Waals surface area contributed by atoms with E-state index in [1.807, 2.05) is 50.2 Å². The molecule has 1 aromatic heterocycles. The molecule has 1 N–H and O–H groups in total. The number of pyridine rings is 1. The summed E-state index contributed by atoms with van der Waals surface area (Å²) in [5, 5.41) is 0.456. The second-order valence-corrected chi connectivity index (χ2v) is 13.0. The number of nitrogens with zero attached hydrogens (tertiary/aromatic N) is 2. The number of nitrogens with one attached hydrogen (secondary N) is 1. The van der Waals surface area contributed by atoms with Gasteiger partial charge in [0.25, 0.3) is 0 Å². The lowest BCUT2D eigenvalue weighted by atomic mass is 9.87. The second-order valence-electron chi connectivity index (χ2n) is 10.8. The van der Waals surface area contributed by atoms with Crippen LogP contribution in [0.1, 0.15) is 66.2 Å². The fourth-order valence-corrected chi connectivity index (χ4v) is 7.00. The third-order valence-corrected chi connectivity index (χ3v) is 9.38. The summed E-state index contributed by atoms with van der Waals surface area (Å²) >= 11 is 5.18. The molecular weight excluding hydrogens is 573 g/mol. The summed E-state index contributed by atoms with van der Waals surface area (Å²) in [6.45, 7) is 4.12. The van der Waals surface area contributed by atoms with E-state index < -0.39 is 16.1 Å². The van der Waals surface area contributed by atoms with Gasteiger partial charge in [-0.15, -0.1) is 0 Å². The van der Waals surface area contributed by atoms with Crippen LogP contribution in [0.25, 0.3) is 0 Å². The normalized spacial score (nSPS) is 15.6. The second kappa shape index (κ2) is 12.7. The molecule has 0 aliphatic heterocycles. The number of amides is 1. The molecule has 6 nitrogen and oxygen atoms in total. The van der Waals surface area contributed by atoms with Crippen molar-refractivity contribution in [2.24, 2.45) is 0 Å². The van der Waals surface area contributed by atoms with E-state index in [-0.39, 0.29) is 35.5 Å². The van der Waals surface area contributed by atoms with Gasteiger partial charge < -0.3 is 4.90 Å². The zero-order valence-electron chi connectivity index (χ0n) is 23.6. The molecule has 0 saturated carbocycles. The largest absolute Gasteiger partial charge is 0.306 e. The first-order valence-electron chi connectivity index (χ1n) is 14.0. The highest BCUT2D eigenvalue weighted by molar-refractivity contribution is 7.89. The standard InChI is InChI=1S/C33H34ClFN3O3S/c1-22(24-12-15-27(35)16-13-24)18-33(39)38(21-28-9-3-6-23(2)36-28)29-17-14-25-7-4-11-32(31(25)20-29)37-42(40,41)30-10-5-8-26(34)19-30/h3,5-6,8-10,12-17,19-20,22,32,34,37H,4,7,11,18,21H2,1-2H3/q+1/t22-,32+/m1/s1. The molecule has 5 rings (SSSR count). The van der Waals surface area contributed by atoms with Gasteiger partial charge in [-0.3, -0.25) is 9.78 Å². The lowest BCUT2D eigenvalue weighted by molar-refractivity contribution is -0.289. The van der Waals surface area contributed by atoms with Gasteiger partial charge in [0, 0.05) is 36.0 Å². The minimum Gasteiger partial charge on any atom is -0.306 e. The van der Waals surface area contributed by atoms with Crippen LogP contribution in [-0.2, 0) is 27.8 Å². The van der Waals surface area contributed by atoms with Gasteiger partial charge in [-0.25, -0.2) is 17.5 Å². The smallest absolute Gasteiger partial charge is 0.241 e. The lowest BCUT2D eigenvalue weighted by Crippen LogP contribution is -2.33. The molecule has 0 unspecified atom stereocenters. The molecule has 0 bridgehead atoms. The van der Waals surface area contributed by atoms with Gasteiger partial charge in [-0.1, -0.05) is 37.3 Å². The lowest BCUT2D eigenvalue weighted by Gasteiger charge is -2.30. The number of hydrogen-bond donors (Lipinski definition) is 1. The van der Waals surface area contributed by atoms with Gasteiger partial charge in [0.1, 0.15) is 5.82 Å². The number of carbonyl (C=O) groups is 1. The third kappa shape index (κ3) is 7.06. The van der Waals surface area contributed by atoms with Gasteiger partial charge in [-0.2, -0.15) is 0 Å². The summed E-state index contributed by atoms with van der Waals surface area (Å²) in [5.74, 6) is -0.561.